The highest BCUT2D eigenvalue weighted by molar-refractivity contribution is 8.04. The fourth-order valence-corrected chi connectivity index (χ4v) is 4.48. The SMILES string of the molecule is COC(=O)c1ccc(N2C(=O)C(Nc3ccc(Cl)c(Cl)c3)=C(Sc3ccc(C)cc3)C2=O)cc1. The molecule has 172 valence electrons. The number of carbonyl (C=O) groups excluding carboxylic acids is 3. The lowest BCUT2D eigenvalue weighted by Gasteiger charge is -2.15. The Labute approximate surface area is 210 Å². The van der Waals surface area contributed by atoms with Crippen LogP contribution in [0.3, 0.4) is 0 Å². The van der Waals surface area contributed by atoms with E-state index in [4.69, 9.17) is 27.9 Å². The normalized spacial score (nSPS) is 13.5. The summed E-state index contributed by atoms with van der Waals surface area (Å²) >= 11 is 13.3. The van der Waals surface area contributed by atoms with E-state index in [1.165, 1.54) is 43.1 Å². The first-order valence-corrected chi connectivity index (χ1v) is 11.6. The first-order chi connectivity index (χ1) is 16.3. The van der Waals surface area contributed by atoms with E-state index in [0.717, 1.165) is 15.4 Å². The predicted octanol–water partition coefficient (Wildman–Crippen LogP) is 6.08. The minimum atomic E-state index is -0.531. The molecule has 0 atom stereocenters. The predicted molar refractivity (Wildman–Crippen MR) is 134 cm³/mol. The number of imide groups is 1. The van der Waals surface area contributed by atoms with Gasteiger partial charge in [0.15, 0.2) is 0 Å². The van der Waals surface area contributed by atoms with Crippen molar-refractivity contribution in [2.75, 3.05) is 17.3 Å². The van der Waals surface area contributed by atoms with Crippen LogP contribution in [0, 0.1) is 6.92 Å². The average molecular weight is 513 g/mol. The molecule has 1 aliphatic rings. The molecule has 0 radical (unpaired) electrons. The monoisotopic (exact) mass is 512 g/mol. The van der Waals surface area contributed by atoms with Crippen LogP contribution in [0.1, 0.15) is 15.9 Å². The molecular weight excluding hydrogens is 495 g/mol. The van der Waals surface area contributed by atoms with E-state index < -0.39 is 17.8 Å². The van der Waals surface area contributed by atoms with E-state index >= 15 is 0 Å². The van der Waals surface area contributed by atoms with Crippen LogP contribution in [0.25, 0.3) is 0 Å². The lowest BCUT2D eigenvalue weighted by molar-refractivity contribution is -0.120. The van der Waals surface area contributed by atoms with Crippen LogP contribution < -0.4 is 10.2 Å². The quantitative estimate of drug-likeness (QED) is 0.318. The topological polar surface area (TPSA) is 75.7 Å². The molecule has 0 bridgehead atoms. The number of amides is 2. The van der Waals surface area contributed by atoms with E-state index in [0.29, 0.717) is 27.0 Å². The Kier molecular flexibility index (Phi) is 6.97. The molecule has 4 rings (SSSR count). The molecule has 0 aromatic heterocycles. The Balaban J connectivity index is 1.72. The van der Waals surface area contributed by atoms with Gasteiger partial charge in [-0.1, -0.05) is 52.7 Å². The Bertz CT molecular complexity index is 1320. The van der Waals surface area contributed by atoms with E-state index in [9.17, 15) is 14.4 Å². The van der Waals surface area contributed by atoms with Crippen LogP contribution in [-0.2, 0) is 14.3 Å². The van der Waals surface area contributed by atoms with Gasteiger partial charge in [0.1, 0.15) is 10.6 Å². The molecule has 1 aliphatic heterocycles. The summed E-state index contributed by atoms with van der Waals surface area (Å²) in [5, 5.41) is 3.72. The largest absolute Gasteiger partial charge is 0.465 e. The fourth-order valence-electron chi connectivity index (χ4n) is 3.26. The van der Waals surface area contributed by atoms with Gasteiger partial charge in [-0.15, -0.1) is 0 Å². The van der Waals surface area contributed by atoms with Gasteiger partial charge in [0.2, 0.25) is 0 Å². The second kappa shape index (κ2) is 9.93. The summed E-state index contributed by atoms with van der Waals surface area (Å²) in [6.45, 7) is 1.97. The van der Waals surface area contributed by atoms with Gasteiger partial charge in [-0.25, -0.2) is 9.69 Å². The number of hydrogen-bond donors (Lipinski definition) is 1. The van der Waals surface area contributed by atoms with E-state index in [1.54, 1.807) is 18.2 Å². The second-order valence-corrected chi connectivity index (χ2v) is 9.26. The molecule has 0 saturated carbocycles. The lowest BCUT2D eigenvalue weighted by Crippen LogP contribution is -2.32. The molecule has 0 saturated heterocycles. The van der Waals surface area contributed by atoms with Crippen molar-refractivity contribution in [3.8, 4) is 0 Å². The number of benzene rings is 3. The first-order valence-electron chi connectivity index (χ1n) is 10.1. The van der Waals surface area contributed by atoms with Gasteiger partial charge in [0.25, 0.3) is 11.8 Å². The number of methoxy groups -OCH3 is 1. The summed E-state index contributed by atoms with van der Waals surface area (Å²) in [5.74, 6) is -1.53. The van der Waals surface area contributed by atoms with Gasteiger partial charge in [0, 0.05) is 10.6 Å². The van der Waals surface area contributed by atoms with E-state index in [2.05, 4.69) is 5.32 Å². The van der Waals surface area contributed by atoms with Crippen molar-refractivity contribution in [3.05, 3.63) is 98.5 Å². The van der Waals surface area contributed by atoms with Gasteiger partial charge in [-0.05, 0) is 61.5 Å². The molecule has 0 fully saturated rings. The third-order valence-corrected chi connectivity index (χ3v) is 6.85. The zero-order valence-corrected chi connectivity index (χ0v) is 20.4. The van der Waals surface area contributed by atoms with Gasteiger partial charge in [0.05, 0.1) is 28.4 Å². The standard InChI is InChI=1S/C25H18Cl2N2O4S/c1-14-3-10-18(11-4-14)34-22-21(28-16-7-12-19(26)20(27)13-16)23(30)29(24(22)31)17-8-5-15(6-9-17)25(32)33-2/h3-13,28H,1-2H3. The van der Waals surface area contributed by atoms with Crippen molar-refractivity contribution < 1.29 is 19.1 Å². The molecule has 2 amide bonds. The maximum Gasteiger partial charge on any atom is 0.337 e. The number of nitrogens with zero attached hydrogens (tertiary/aromatic N) is 1. The lowest BCUT2D eigenvalue weighted by atomic mass is 10.2. The Hall–Kier alpha value is -3.26. The first kappa shape index (κ1) is 23.9. The van der Waals surface area contributed by atoms with Gasteiger partial charge in [-0.3, -0.25) is 9.59 Å². The summed E-state index contributed by atoms with van der Waals surface area (Å²) in [6.07, 6.45) is 0. The highest BCUT2D eigenvalue weighted by Crippen LogP contribution is 2.38. The van der Waals surface area contributed by atoms with Crippen molar-refractivity contribution in [3.63, 3.8) is 0 Å². The van der Waals surface area contributed by atoms with Crippen molar-refractivity contribution >= 4 is 64.1 Å². The number of carbonyl (C=O) groups is 3. The van der Waals surface area contributed by atoms with E-state index in [-0.39, 0.29) is 10.6 Å². The molecule has 3 aromatic rings. The summed E-state index contributed by atoms with van der Waals surface area (Å²) in [4.78, 5) is 40.7. The van der Waals surface area contributed by atoms with Crippen molar-refractivity contribution in [1.29, 1.82) is 0 Å². The summed E-state index contributed by atoms with van der Waals surface area (Å²) < 4.78 is 4.71. The highest BCUT2D eigenvalue weighted by Gasteiger charge is 2.40. The zero-order valence-electron chi connectivity index (χ0n) is 18.1. The van der Waals surface area contributed by atoms with Gasteiger partial charge in [-0.2, -0.15) is 0 Å². The summed E-state index contributed by atoms with van der Waals surface area (Å²) in [5.41, 5.74) is 2.34. The molecular formula is C25H18Cl2N2O4S. The van der Waals surface area contributed by atoms with Crippen LogP contribution in [0.15, 0.2) is 82.2 Å². The Morgan fingerprint density at radius 3 is 2.21 bits per heavy atom. The highest BCUT2D eigenvalue weighted by atomic mass is 35.5. The van der Waals surface area contributed by atoms with Crippen molar-refractivity contribution in [2.24, 2.45) is 0 Å². The minimum absolute atomic E-state index is 0.117. The number of hydrogen-bond acceptors (Lipinski definition) is 6. The molecule has 1 heterocycles. The van der Waals surface area contributed by atoms with Crippen molar-refractivity contribution in [1.82, 2.24) is 0 Å². The summed E-state index contributed by atoms with van der Waals surface area (Å²) in [6, 6.07) is 18.5. The maximum absolute atomic E-state index is 13.4. The van der Waals surface area contributed by atoms with Crippen LogP contribution in [0.2, 0.25) is 10.0 Å². The number of esters is 1. The van der Waals surface area contributed by atoms with Gasteiger partial charge >= 0.3 is 5.97 Å². The van der Waals surface area contributed by atoms with Gasteiger partial charge < -0.3 is 10.1 Å². The Morgan fingerprint density at radius 2 is 1.59 bits per heavy atom. The van der Waals surface area contributed by atoms with Crippen molar-refractivity contribution in [2.45, 2.75) is 11.8 Å². The molecule has 1 N–H and O–H groups in total. The molecule has 6 nitrogen and oxygen atoms in total. The molecule has 0 unspecified atom stereocenters. The third-order valence-electron chi connectivity index (χ3n) is 5.02. The number of ether oxygens (including phenoxy) is 1. The Morgan fingerprint density at radius 1 is 0.912 bits per heavy atom. The molecule has 9 heteroatoms. The van der Waals surface area contributed by atoms with Crippen LogP contribution >= 0.6 is 35.0 Å². The molecule has 0 aliphatic carbocycles. The minimum Gasteiger partial charge on any atom is -0.465 e. The summed E-state index contributed by atoms with van der Waals surface area (Å²) in [7, 11) is 1.28. The van der Waals surface area contributed by atoms with Crippen LogP contribution in [0.4, 0.5) is 11.4 Å². The smallest absolute Gasteiger partial charge is 0.337 e. The number of aryl methyl sites for hydroxylation is 1. The zero-order chi connectivity index (χ0) is 24.4. The number of nitrogens with one attached hydrogen (secondary N) is 1. The molecule has 34 heavy (non-hydrogen) atoms. The third kappa shape index (κ3) is 4.82. The number of thioether (sulfide) groups is 1. The number of halogens is 2. The van der Waals surface area contributed by atoms with Crippen LogP contribution in [0.5, 0.6) is 0 Å². The van der Waals surface area contributed by atoms with Crippen LogP contribution in [-0.4, -0.2) is 24.9 Å². The molecule has 0 spiro atoms. The molecule has 3 aromatic carbocycles. The maximum atomic E-state index is 13.4. The number of rotatable bonds is 6. The number of anilines is 2. The second-order valence-electron chi connectivity index (χ2n) is 7.36. The average Bonchev–Trinajstić information content (AvgIpc) is 3.06. The fraction of sp³-hybridized carbons (Fsp3) is 0.0800. The van der Waals surface area contributed by atoms with E-state index in [1.807, 2.05) is 31.2 Å².